The molecule has 3 aromatic rings. The number of halogens is 3. The van der Waals surface area contributed by atoms with Crippen molar-refractivity contribution in [3.05, 3.63) is 41.6 Å². The van der Waals surface area contributed by atoms with E-state index in [1.165, 1.54) is 30.7 Å². The number of sulfone groups is 1. The molecular formula is C18H18F3N3O3S. The monoisotopic (exact) mass is 413 g/mol. The summed E-state index contributed by atoms with van der Waals surface area (Å²) in [5, 5.41) is 0. The lowest BCUT2D eigenvalue weighted by Gasteiger charge is -2.12. The van der Waals surface area contributed by atoms with Crippen LogP contribution in [0.1, 0.15) is 25.1 Å². The van der Waals surface area contributed by atoms with Gasteiger partial charge in [-0.15, -0.1) is 4.73 Å². The number of fused-ring (bicyclic) bond motifs is 1. The molecule has 28 heavy (non-hydrogen) atoms. The van der Waals surface area contributed by atoms with Crippen molar-refractivity contribution in [1.29, 1.82) is 0 Å². The molecule has 0 unspecified atom stereocenters. The van der Waals surface area contributed by atoms with E-state index in [0.29, 0.717) is 0 Å². The summed E-state index contributed by atoms with van der Waals surface area (Å²) in [6.45, 7) is 4.64. The van der Waals surface area contributed by atoms with Crippen molar-refractivity contribution >= 4 is 21.0 Å². The first-order valence-corrected chi connectivity index (χ1v) is 10.2. The van der Waals surface area contributed by atoms with Gasteiger partial charge in [-0.3, -0.25) is 0 Å². The lowest BCUT2D eigenvalue weighted by atomic mass is 10.2. The van der Waals surface area contributed by atoms with Gasteiger partial charge in [-0.25, -0.2) is 18.4 Å². The Kier molecular flexibility index (Phi) is 5.09. The van der Waals surface area contributed by atoms with Gasteiger partial charge in [0.2, 0.25) is 0 Å². The zero-order chi connectivity index (χ0) is 20.7. The second-order valence-electron chi connectivity index (χ2n) is 6.01. The molecular weight excluding hydrogens is 395 g/mol. The number of alkyl halides is 3. The summed E-state index contributed by atoms with van der Waals surface area (Å²) in [5.74, 6) is -0.0511. The molecule has 0 bridgehead atoms. The zero-order valence-electron chi connectivity index (χ0n) is 15.4. The third kappa shape index (κ3) is 3.44. The summed E-state index contributed by atoms with van der Waals surface area (Å²) >= 11 is 0. The van der Waals surface area contributed by atoms with Gasteiger partial charge in [0, 0.05) is 5.56 Å². The van der Waals surface area contributed by atoms with Crippen molar-refractivity contribution in [3.63, 3.8) is 0 Å². The number of aromatic nitrogens is 3. The minimum absolute atomic E-state index is 0.0292. The maximum Gasteiger partial charge on any atom is 0.418 e. The predicted octanol–water partition coefficient (Wildman–Crippen LogP) is 3.67. The van der Waals surface area contributed by atoms with E-state index in [-0.39, 0.29) is 45.5 Å². The number of hydrogen-bond donors (Lipinski definition) is 0. The first kappa shape index (κ1) is 20.1. The molecule has 2 aromatic heterocycles. The third-order valence-electron chi connectivity index (χ3n) is 4.19. The fourth-order valence-corrected chi connectivity index (χ4v) is 3.95. The first-order valence-electron chi connectivity index (χ1n) is 8.52. The first-order chi connectivity index (χ1) is 13.1. The highest BCUT2D eigenvalue weighted by Crippen LogP contribution is 2.35. The van der Waals surface area contributed by atoms with Gasteiger partial charge in [0.1, 0.15) is 12.1 Å². The Hall–Kier alpha value is -2.62. The predicted molar refractivity (Wildman–Crippen MR) is 97.6 cm³/mol. The fraction of sp³-hybridized carbons (Fsp3) is 0.333. The van der Waals surface area contributed by atoms with Gasteiger partial charge < -0.3 is 4.84 Å². The number of pyridine rings is 1. The summed E-state index contributed by atoms with van der Waals surface area (Å²) in [6.07, 6.45) is -4.58. The molecule has 6 nitrogen and oxygen atoms in total. The van der Waals surface area contributed by atoms with Gasteiger partial charge in [-0.05, 0) is 32.0 Å². The van der Waals surface area contributed by atoms with Crippen molar-refractivity contribution in [3.8, 4) is 11.4 Å². The smallest absolute Gasteiger partial charge is 0.410 e. The van der Waals surface area contributed by atoms with E-state index in [1.54, 1.807) is 19.1 Å². The van der Waals surface area contributed by atoms with Crippen molar-refractivity contribution in [2.24, 2.45) is 0 Å². The van der Waals surface area contributed by atoms with Crippen LogP contribution in [-0.2, 0) is 16.0 Å². The second kappa shape index (κ2) is 7.08. The molecule has 0 radical (unpaired) electrons. The molecule has 0 fully saturated rings. The summed E-state index contributed by atoms with van der Waals surface area (Å²) in [6, 6.07) is 7.07. The highest BCUT2D eigenvalue weighted by atomic mass is 32.2. The van der Waals surface area contributed by atoms with Crippen molar-refractivity contribution in [1.82, 2.24) is 14.7 Å². The average Bonchev–Trinajstić information content (AvgIpc) is 2.98. The fourth-order valence-electron chi connectivity index (χ4n) is 2.86. The molecule has 0 aliphatic carbocycles. The molecule has 1 aromatic carbocycles. The van der Waals surface area contributed by atoms with Crippen LogP contribution in [0.25, 0.3) is 22.6 Å². The number of imidazole rings is 1. The Morgan fingerprint density at radius 1 is 1.14 bits per heavy atom. The molecule has 150 valence electrons. The SMILES string of the molecule is CCOn1c(-c2ccccc2S(=O)(=O)CC)nc2cc(C(F)(F)F)c(C)nc21. The number of hydrogen-bond acceptors (Lipinski definition) is 5. The minimum Gasteiger partial charge on any atom is -0.410 e. The van der Waals surface area contributed by atoms with Crippen molar-refractivity contribution in [2.75, 3.05) is 12.4 Å². The van der Waals surface area contributed by atoms with Crippen molar-refractivity contribution < 1.29 is 26.4 Å². The van der Waals surface area contributed by atoms with Gasteiger partial charge in [-0.1, -0.05) is 19.1 Å². The van der Waals surface area contributed by atoms with Gasteiger partial charge in [0.05, 0.1) is 21.9 Å². The Labute approximate surface area is 159 Å². The van der Waals surface area contributed by atoms with Crippen LogP contribution in [0.4, 0.5) is 13.2 Å². The van der Waals surface area contributed by atoms with E-state index >= 15 is 0 Å². The van der Waals surface area contributed by atoms with E-state index in [9.17, 15) is 21.6 Å². The molecule has 0 spiro atoms. The van der Waals surface area contributed by atoms with Crippen LogP contribution < -0.4 is 4.84 Å². The van der Waals surface area contributed by atoms with E-state index in [4.69, 9.17) is 4.84 Å². The van der Waals surface area contributed by atoms with Gasteiger partial charge in [0.25, 0.3) is 0 Å². The maximum atomic E-state index is 13.2. The van der Waals surface area contributed by atoms with E-state index < -0.39 is 21.6 Å². The van der Waals surface area contributed by atoms with Crippen LogP contribution in [-0.4, -0.2) is 35.5 Å². The Morgan fingerprint density at radius 3 is 2.43 bits per heavy atom. The molecule has 0 aliphatic heterocycles. The van der Waals surface area contributed by atoms with Crippen molar-refractivity contribution in [2.45, 2.75) is 31.8 Å². The highest BCUT2D eigenvalue weighted by molar-refractivity contribution is 7.91. The minimum atomic E-state index is -4.58. The molecule has 0 atom stereocenters. The van der Waals surface area contributed by atoms with Gasteiger partial charge in [0.15, 0.2) is 21.3 Å². The number of benzene rings is 1. The van der Waals surface area contributed by atoms with E-state index in [2.05, 4.69) is 9.97 Å². The maximum absolute atomic E-state index is 13.2. The lowest BCUT2D eigenvalue weighted by Crippen LogP contribution is -2.15. The van der Waals surface area contributed by atoms with Crippen LogP contribution in [0.5, 0.6) is 0 Å². The normalized spacial score (nSPS) is 12.5. The van der Waals surface area contributed by atoms with Gasteiger partial charge >= 0.3 is 6.18 Å². The third-order valence-corrected chi connectivity index (χ3v) is 5.98. The Balaban J connectivity index is 2.36. The summed E-state index contributed by atoms with van der Waals surface area (Å²) < 4.78 is 65.8. The summed E-state index contributed by atoms with van der Waals surface area (Å²) in [4.78, 5) is 13.8. The molecule has 0 saturated heterocycles. The summed E-state index contributed by atoms with van der Waals surface area (Å²) in [5.41, 5.74) is -0.831. The van der Waals surface area contributed by atoms with Crippen LogP contribution in [0.2, 0.25) is 0 Å². The molecule has 0 saturated carbocycles. The summed E-state index contributed by atoms with van der Waals surface area (Å²) in [7, 11) is -3.60. The second-order valence-corrected chi connectivity index (χ2v) is 8.26. The number of nitrogens with zero attached hydrogens (tertiary/aromatic N) is 3. The quantitative estimate of drug-likeness (QED) is 0.638. The zero-order valence-corrected chi connectivity index (χ0v) is 16.2. The average molecular weight is 413 g/mol. The van der Waals surface area contributed by atoms with Crippen LogP contribution in [0.15, 0.2) is 35.2 Å². The molecule has 0 N–H and O–H groups in total. The van der Waals surface area contributed by atoms with E-state index in [0.717, 1.165) is 6.07 Å². The number of rotatable bonds is 5. The largest absolute Gasteiger partial charge is 0.418 e. The molecule has 3 rings (SSSR count). The lowest BCUT2D eigenvalue weighted by molar-refractivity contribution is -0.138. The Morgan fingerprint density at radius 2 is 1.82 bits per heavy atom. The van der Waals surface area contributed by atoms with Crippen LogP contribution >= 0.6 is 0 Å². The highest BCUT2D eigenvalue weighted by Gasteiger charge is 2.34. The molecule has 0 amide bonds. The standard InChI is InChI=1S/C18H18F3N3O3S/c1-4-27-24-16(12-8-6-7-9-15(12)28(25,26)5-2)23-14-10-13(18(19,20)21)11(3)22-17(14)24/h6-10H,4-5H2,1-3H3. The molecule has 0 aliphatic rings. The topological polar surface area (TPSA) is 74.1 Å². The number of aryl methyl sites for hydroxylation is 1. The van der Waals surface area contributed by atoms with Gasteiger partial charge in [-0.2, -0.15) is 13.2 Å². The van der Waals surface area contributed by atoms with Crippen LogP contribution in [0, 0.1) is 6.92 Å². The van der Waals surface area contributed by atoms with E-state index in [1.807, 2.05) is 0 Å². The van der Waals surface area contributed by atoms with Crippen LogP contribution in [0.3, 0.4) is 0 Å². The molecule has 10 heteroatoms. The molecule has 2 heterocycles. The Bertz CT molecular complexity index is 1140.